The van der Waals surface area contributed by atoms with Crippen LogP contribution in [0.3, 0.4) is 0 Å². The van der Waals surface area contributed by atoms with Gasteiger partial charge in [0, 0.05) is 11.0 Å². The van der Waals surface area contributed by atoms with Crippen molar-refractivity contribution in [2.45, 2.75) is 0 Å². The fraction of sp³-hybridized carbons (Fsp3) is 0.167. The molecule has 1 heterocycles. The van der Waals surface area contributed by atoms with E-state index in [1.165, 1.54) is 12.1 Å². The number of nitrogens with zero attached hydrogens (tertiary/aromatic N) is 1. The highest BCUT2D eigenvalue weighted by Gasteiger charge is 2.20. The maximum atomic E-state index is 12.1. The van der Waals surface area contributed by atoms with Crippen molar-refractivity contribution in [3.05, 3.63) is 28.0 Å². The zero-order chi connectivity index (χ0) is 16.0. The van der Waals surface area contributed by atoms with Crippen LogP contribution >= 0.6 is 11.3 Å². The molecule has 0 saturated carbocycles. The molecule has 1 aromatic heterocycles. The van der Waals surface area contributed by atoms with Crippen molar-refractivity contribution in [2.75, 3.05) is 13.1 Å². The number of primary amides is 2. The number of carboxylic acids is 1. The highest BCUT2D eigenvalue weighted by atomic mass is 32.1. The van der Waals surface area contributed by atoms with E-state index < -0.39 is 36.8 Å². The quantitative estimate of drug-likeness (QED) is 0.568. The summed E-state index contributed by atoms with van der Waals surface area (Å²) in [6, 6.07) is 3.01. The Morgan fingerprint density at radius 1 is 1.14 bits per heavy atom. The Balaban J connectivity index is 2.90. The summed E-state index contributed by atoms with van der Waals surface area (Å²) < 4.78 is 0. The second-order valence-electron chi connectivity index (χ2n) is 3.97. The molecule has 1 aromatic rings. The van der Waals surface area contributed by atoms with Crippen LogP contribution in [-0.4, -0.2) is 46.8 Å². The summed E-state index contributed by atoms with van der Waals surface area (Å²) in [5.41, 5.74) is 10.0. The molecule has 0 aliphatic carbocycles. The van der Waals surface area contributed by atoms with E-state index in [2.05, 4.69) is 0 Å². The predicted molar refractivity (Wildman–Crippen MR) is 75.3 cm³/mol. The lowest BCUT2D eigenvalue weighted by Gasteiger charge is -2.18. The zero-order valence-electron chi connectivity index (χ0n) is 10.8. The van der Waals surface area contributed by atoms with Gasteiger partial charge in [-0.3, -0.25) is 14.4 Å². The number of carboxylic acid groups (broad SMARTS) is 1. The smallest absolute Gasteiger partial charge is 0.328 e. The fourth-order valence-corrected chi connectivity index (χ4v) is 2.32. The van der Waals surface area contributed by atoms with E-state index in [0.717, 1.165) is 22.3 Å². The summed E-state index contributed by atoms with van der Waals surface area (Å²) in [6.07, 6.45) is 2.26. The van der Waals surface area contributed by atoms with Gasteiger partial charge >= 0.3 is 5.97 Å². The molecule has 112 valence electrons. The average molecular weight is 311 g/mol. The molecule has 1 rings (SSSR count). The summed E-state index contributed by atoms with van der Waals surface area (Å²) in [4.78, 5) is 46.1. The zero-order valence-corrected chi connectivity index (χ0v) is 11.6. The highest BCUT2D eigenvalue weighted by molar-refractivity contribution is 7.14. The normalized spacial score (nSPS) is 10.5. The van der Waals surface area contributed by atoms with Gasteiger partial charge in [-0.15, -0.1) is 11.3 Å². The third kappa shape index (κ3) is 5.45. The molecule has 0 aromatic carbocycles. The molecule has 0 atom stereocenters. The van der Waals surface area contributed by atoms with Gasteiger partial charge in [0.05, 0.1) is 4.88 Å². The Kier molecular flexibility index (Phi) is 5.61. The van der Waals surface area contributed by atoms with E-state index in [0.29, 0.717) is 4.88 Å². The number of rotatable bonds is 7. The molecule has 0 unspecified atom stereocenters. The number of amides is 3. The van der Waals surface area contributed by atoms with E-state index in [-0.39, 0.29) is 4.88 Å². The van der Waals surface area contributed by atoms with Crippen LogP contribution in [0, 0.1) is 0 Å². The Hall–Kier alpha value is -2.68. The maximum Gasteiger partial charge on any atom is 0.328 e. The summed E-state index contributed by atoms with van der Waals surface area (Å²) in [7, 11) is 0. The Morgan fingerprint density at radius 2 is 1.71 bits per heavy atom. The van der Waals surface area contributed by atoms with Gasteiger partial charge in [-0.1, -0.05) is 0 Å². The molecule has 0 aliphatic rings. The first-order valence-corrected chi connectivity index (χ1v) is 6.48. The summed E-state index contributed by atoms with van der Waals surface area (Å²) >= 11 is 1.02. The standard InChI is InChI=1S/C12H13N3O5S/c13-9(16)5-15(6-10(14)17)12(20)8-3-1-7(21-8)2-4-11(18)19/h1-4H,5-6H2,(H2,13,16)(H2,14,17)(H,18,19). The van der Waals surface area contributed by atoms with Crippen molar-refractivity contribution in [2.24, 2.45) is 11.5 Å². The van der Waals surface area contributed by atoms with Crippen LogP contribution in [0.4, 0.5) is 0 Å². The first-order valence-electron chi connectivity index (χ1n) is 5.66. The van der Waals surface area contributed by atoms with Crippen LogP contribution in [0.25, 0.3) is 6.08 Å². The SMILES string of the molecule is NC(=O)CN(CC(N)=O)C(=O)c1ccc(C=CC(=O)O)s1. The fourth-order valence-electron chi connectivity index (χ4n) is 1.44. The Bertz CT molecular complexity index is 592. The van der Waals surface area contributed by atoms with Gasteiger partial charge < -0.3 is 21.5 Å². The number of carbonyl (C=O) groups excluding carboxylic acids is 3. The van der Waals surface area contributed by atoms with Crippen molar-refractivity contribution in [3.8, 4) is 0 Å². The summed E-state index contributed by atoms with van der Waals surface area (Å²) in [5.74, 6) is -3.23. The average Bonchev–Trinajstić information content (AvgIpc) is 2.82. The molecule has 21 heavy (non-hydrogen) atoms. The maximum absolute atomic E-state index is 12.1. The topological polar surface area (TPSA) is 144 Å². The lowest BCUT2D eigenvalue weighted by molar-refractivity contribution is -0.131. The van der Waals surface area contributed by atoms with Crippen molar-refractivity contribution >= 4 is 41.1 Å². The molecule has 3 amide bonds. The van der Waals surface area contributed by atoms with E-state index in [1.54, 1.807) is 6.07 Å². The molecule has 5 N–H and O–H groups in total. The largest absolute Gasteiger partial charge is 0.478 e. The van der Waals surface area contributed by atoms with Gasteiger partial charge in [0.15, 0.2) is 0 Å². The number of hydrogen-bond acceptors (Lipinski definition) is 5. The van der Waals surface area contributed by atoms with Crippen molar-refractivity contribution in [3.63, 3.8) is 0 Å². The van der Waals surface area contributed by atoms with Crippen LogP contribution in [-0.2, 0) is 14.4 Å². The third-order valence-electron chi connectivity index (χ3n) is 2.21. The molecule has 0 aliphatic heterocycles. The van der Waals surface area contributed by atoms with Gasteiger partial charge in [-0.2, -0.15) is 0 Å². The van der Waals surface area contributed by atoms with Crippen LogP contribution in [0.2, 0.25) is 0 Å². The molecule has 8 nitrogen and oxygen atoms in total. The minimum absolute atomic E-state index is 0.238. The number of nitrogens with two attached hydrogens (primary N) is 2. The molecule has 0 radical (unpaired) electrons. The summed E-state index contributed by atoms with van der Waals surface area (Å²) in [5, 5.41) is 8.52. The minimum atomic E-state index is -1.11. The number of aliphatic carboxylic acids is 1. The van der Waals surface area contributed by atoms with Crippen molar-refractivity contribution < 1.29 is 24.3 Å². The third-order valence-corrected chi connectivity index (χ3v) is 3.25. The Labute approximate surface area is 123 Å². The Morgan fingerprint density at radius 3 is 2.19 bits per heavy atom. The number of carbonyl (C=O) groups is 4. The molecular weight excluding hydrogens is 298 g/mol. The van der Waals surface area contributed by atoms with Crippen LogP contribution < -0.4 is 11.5 Å². The molecule has 0 spiro atoms. The van der Waals surface area contributed by atoms with E-state index in [4.69, 9.17) is 16.6 Å². The summed E-state index contributed by atoms with van der Waals surface area (Å²) in [6.45, 7) is -0.861. The van der Waals surface area contributed by atoms with Crippen molar-refractivity contribution in [1.82, 2.24) is 4.90 Å². The molecular formula is C12H13N3O5S. The van der Waals surface area contributed by atoms with Gasteiger partial charge in [-0.25, -0.2) is 4.79 Å². The molecule has 0 fully saturated rings. The van der Waals surface area contributed by atoms with Gasteiger partial charge in [-0.05, 0) is 18.2 Å². The van der Waals surface area contributed by atoms with E-state index >= 15 is 0 Å². The predicted octanol–water partition coefficient (Wildman–Crippen LogP) is -0.741. The number of thiophene rings is 1. The lowest BCUT2D eigenvalue weighted by atomic mass is 10.3. The lowest BCUT2D eigenvalue weighted by Crippen LogP contribution is -2.43. The minimum Gasteiger partial charge on any atom is -0.478 e. The second kappa shape index (κ2) is 7.20. The monoisotopic (exact) mass is 311 g/mol. The van der Waals surface area contributed by atoms with E-state index in [9.17, 15) is 19.2 Å². The molecule has 0 bridgehead atoms. The second-order valence-corrected chi connectivity index (χ2v) is 5.08. The first-order chi connectivity index (χ1) is 9.79. The van der Waals surface area contributed by atoms with Gasteiger partial charge in [0.2, 0.25) is 11.8 Å². The van der Waals surface area contributed by atoms with Gasteiger partial charge in [0.1, 0.15) is 13.1 Å². The van der Waals surface area contributed by atoms with Crippen LogP contribution in [0.5, 0.6) is 0 Å². The first kappa shape index (κ1) is 16.4. The van der Waals surface area contributed by atoms with Crippen molar-refractivity contribution in [1.29, 1.82) is 0 Å². The van der Waals surface area contributed by atoms with Crippen LogP contribution in [0.1, 0.15) is 14.5 Å². The molecule has 9 heteroatoms. The highest BCUT2D eigenvalue weighted by Crippen LogP contribution is 2.19. The molecule has 0 saturated heterocycles. The van der Waals surface area contributed by atoms with Gasteiger partial charge in [0.25, 0.3) is 5.91 Å². The number of hydrogen-bond donors (Lipinski definition) is 3. The van der Waals surface area contributed by atoms with E-state index in [1.807, 2.05) is 0 Å². The van der Waals surface area contributed by atoms with Crippen LogP contribution in [0.15, 0.2) is 18.2 Å².